The van der Waals surface area contributed by atoms with E-state index in [9.17, 15) is 4.79 Å². The SMILES string of the molecule is CNC(COCCOCC[N+](C)(C)C)C(C)=O. The van der Waals surface area contributed by atoms with Gasteiger partial charge in [0.15, 0.2) is 0 Å². The number of Topliss-reactive ketones (excluding diaryl/α,β-unsaturated/α-hetero) is 1. The number of nitrogens with one attached hydrogen (secondary N) is 1. The third kappa shape index (κ3) is 10.4. The summed E-state index contributed by atoms with van der Waals surface area (Å²) in [5.74, 6) is 0.0958. The molecule has 0 aliphatic carbocycles. The minimum atomic E-state index is -0.207. The lowest BCUT2D eigenvalue weighted by Crippen LogP contribution is -2.38. The Hall–Kier alpha value is -0.490. The van der Waals surface area contributed by atoms with Crippen LogP contribution in [0.1, 0.15) is 6.92 Å². The molecular formula is C12H27N2O3+. The van der Waals surface area contributed by atoms with Crippen molar-refractivity contribution in [2.24, 2.45) is 0 Å². The lowest BCUT2D eigenvalue weighted by molar-refractivity contribution is -0.870. The maximum absolute atomic E-state index is 11.1. The molecule has 102 valence electrons. The lowest BCUT2D eigenvalue weighted by Gasteiger charge is -2.23. The number of quaternary nitrogens is 1. The van der Waals surface area contributed by atoms with Crippen molar-refractivity contribution in [3.63, 3.8) is 0 Å². The molecule has 0 saturated carbocycles. The molecule has 1 N–H and O–H groups in total. The molecule has 0 aromatic carbocycles. The third-order valence-corrected chi connectivity index (χ3v) is 2.40. The standard InChI is InChI=1S/C12H27N2O3/c1-11(15)12(13-2)10-17-9-8-16-7-6-14(3,4)5/h12-13H,6-10H2,1-5H3/q+1. The number of rotatable bonds is 10. The Morgan fingerprint density at radius 3 is 2.24 bits per heavy atom. The Labute approximate surface area is 105 Å². The van der Waals surface area contributed by atoms with Crippen LogP contribution in [-0.2, 0) is 14.3 Å². The normalized spacial score (nSPS) is 13.7. The van der Waals surface area contributed by atoms with E-state index in [4.69, 9.17) is 9.47 Å². The monoisotopic (exact) mass is 247 g/mol. The second-order valence-corrected chi connectivity index (χ2v) is 5.15. The first-order chi connectivity index (χ1) is 7.87. The fourth-order valence-corrected chi connectivity index (χ4v) is 1.16. The van der Waals surface area contributed by atoms with Gasteiger partial charge in [-0.05, 0) is 14.0 Å². The quantitative estimate of drug-likeness (QED) is 0.433. The van der Waals surface area contributed by atoms with Gasteiger partial charge in [0.1, 0.15) is 12.3 Å². The molecule has 0 aromatic rings. The molecule has 0 heterocycles. The van der Waals surface area contributed by atoms with Crippen molar-refractivity contribution in [1.29, 1.82) is 0 Å². The van der Waals surface area contributed by atoms with Crippen LogP contribution in [0.2, 0.25) is 0 Å². The zero-order chi connectivity index (χ0) is 13.3. The number of nitrogens with zero attached hydrogens (tertiary/aromatic N) is 1. The summed E-state index contributed by atoms with van der Waals surface area (Å²) in [6, 6.07) is -0.207. The van der Waals surface area contributed by atoms with Gasteiger partial charge in [-0.1, -0.05) is 0 Å². The van der Waals surface area contributed by atoms with Gasteiger partial charge in [0, 0.05) is 0 Å². The van der Waals surface area contributed by atoms with E-state index in [1.807, 2.05) is 0 Å². The predicted octanol–water partition coefficient (Wildman–Crippen LogP) is -0.0972. The van der Waals surface area contributed by atoms with Crippen molar-refractivity contribution in [2.45, 2.75) is 13.0 Å². The number of ether oxygens (including phenoxy) is 2. The third-order valence-electron chi connectivity index (χ3n) is 2.40. The van der Waals surface area contributed by atoms with Gasteiger partial charge in [-0.2, -0.15) is 0 Å². The summed E-state index contributed by atoms with van der Waals surface area (Å²) in [7, 11) is 8.14. The molecule has 0 amide bonds. The molecule has 1 unspecified atom stereocenters. The van der Waals surface area contributed by atoms with Crippen LogP contribution in [0.4, 0.5) is 0 Å². The summed E-state index contributed by atoms with van der Waals surface area (Å²) in [5, 5.41) is 2.91. The molecule has 0 aliphatic heterocycles. The van der Waals surface area contributed by atoms with Crippen molar-refractivity contribution in [3.8, 4) is 0 Å². The highest BCUT2D eigenvalue weighted by molar-refractivity contribution is 5.81. The Kier molecular flexibility index (Phi) is 8.33. The molecule has 0 bridgehead atoms. The molecule has 0 radical (unpaired) electrons. The number of hydrogen-bond donors (Lipinski definition) is 1. The van der Waals surface area contributed by atoms with E-state index in [0.717, 1.165) is 17.6 Å². The largest absolute Gasteiger partial charge is 0.377 e. The second kappa shape index (κ2) is 8.58. The minimum Gasteiger partial charge on any atom is -0.377 e. The molecule has 0 aliphatic rings. The fourth-order valence-electron chi connectivity index (χ4n) is 1.16. The zero-order valence-corrected chi connectivity index (χ0v) is 11.8. The molecular weight excluding hydrogens is 220 g/mol. The average molecular weight is 247 g/mol. The number of carbonyl (C=O) groups excluding carboxylic acids is 1. The van der Waals surface area contributed by atoms with Gasteiger partial charge < -0.3 is 19.3 Å². The minimum absolute atomic E-state index is 0.0958. The van der Waals surface area contributed by atoms with E-state index >= 15 is 0 Å². The van der Waals surface area contributed by atoms with Crippen LogP contribution in [0.15, 0.2) is 0 Å². The van der Waals surface area contributed by atoms with Crippen LogP contribution in [0.25, 0.3) is 0 Å². The summed E-state index contributed by atoms with van der Waals surface area (Å²) in [6.45, 7) is 4.78. The molecule has 5 heteroatoms. The van der Waals surface area contributed by atoms with Gasteiger partial charge in [0.05, 0.1) is 53.6 Å². The number of likely N-dealkylation sites (N-methyl/N-ethyl adjacent to an activating group) is 2. The van der Waals surface area contributed by atoms with Crippen molar-refractivity contribution in [3.05, 3.63) is 0 Å². The maximum Gasteiger partial charge on any atom is 0.149 e. The fraction of sp³-hybridized carbons (Fsp3) is 0.917. The van der Waals surface area contributed by atoms with Crippen molar-refractivity contribution >= 4 is 5.78 Å². The zero-order valence-electron chi connectivity index (χ0n) is 11.8. The molecule has 5 nitrogen and oxygen atoms in total. The Morgan fingerprint density at radius 1 is 1.18 bits per heavy atom. The van der Waals surface area contributed by atoms with E-state index in [2.05, 4.69) is 26.5 Å². The van der Waals surface area contributed by atoms with E-state index in [1.165, 1.54) is 0 Å². The predicted molar refractivity (Wildman–Crippen MR) is 68.1 cm³/mol. The topological polar surface area (TPSA) is 47.6 Å². The number of hydrogen-bond acceptors (Lipinski definition) is 4. The van der Waals surface area contributed by atoms with Crippen LogP contribution in [-0.4, -0.2) is 77.5 Å². The molecule has 0 rings (SSSR count). The van der Waals surface area contributed by atoms with Gasteiger partial charge >= 0.3 is 0 Å². The van der Waals surface area contributed by atoms with Crippen LogP contribution >= 0.6 is 0 Å². The van der Waals surface area contributed by atoms with E-state index in [0.29, 0.717) is 19.8 Å². The van der Waals surface area contributed by atoms with E-state index in [-0.39, 0.29) is 11.8 Å². The molecule has 0 fully saturated rings. The number of carbonyl (C=O) groups is 1. The van der Waals surface area contributed by atoms with Crippen molar-refractivity contribution in [2.75, 3.05) is 61.2 Å². The Bertz CT molecular complexity index is 214. The van der Waals surface area contributed by atoms with Crippen LogP contribution in [0.5, 0.6) is 0 Å². The van der Waals surface area contributed by atoms with Gasteiger partial charge in [-0.15, -0.1) is 0 Å². The van der Waals surface area contributed by atoms with Crippen molar-refractivity contribution < 1.29 is 18.8 Å². The summed E-state index contributed by atoms with van der Waals surface area (Å²) >= 11 is 0. The highest BCUT2D eigenvalue weighted by Gasteiger charge is 2.11. The molecule has 0 saturated heterocycles. The lowest BCUT2D eigenvalue weighted by atomic mass is 10.2. The van der Waals surface area contributed by atoms with Gasteiger partial charge in [-0.3, -0.25) is 4.79 Å². The Morgan fingerprint density at radius 2 is 1.76 bits per heavy atom. The Balaban J connectivity index is 3.38. The molecule has 0 aromatic heterocycles. The second-order valence-electron chi connectivity index (χ2n) is 5.15. The first-order valence-corrected chi connectivity index (χ1v) is 6.00. The smallest absolute Gasteiger partial charge is 0.149 e. The van der Waals surface area contributed by atoms with Crippen LogP contribution in [0.3, 0.4) is 0 Å². The first kappa shape index (κ1) is 16.5. The van der Waals surface area contributed by atoms with Gasteiger partial charge in [0.2, 0.25) is 0 Å². The molecule has 1 atom stereocenters. The first-order valence-electron chi connectivity index (χ1n) is 6.00. The van der Waals surface area contributed by atoms with E-state index in [1.54, 1.807) is 14.0 Å². The number of ketones is 1. The summed E-state index contributed by atoms with van der Waals surface area (Å²) in [4.78, 5) is 11.1. The summed E-state index contributed by atoms with van der Waals surface area (Å²) < 4.78 is 11.7. The highest BCUT2D eigenvalue weighted by Crippen LogP contribution is 1.91. The average Bonchev–Trinajstić information content (AvgIpc) is 2.20. The van der Waals surface area contributed by atoms with Crippen LogP contribution in [0, 0.1) is 0 Å². The maximum atomic E-state index is 11.1. The van der Waals surface area contributed by atoms with Crippen LogP contribution < -0.4 is 5.32 Å². The summed E-state index contributed by atoms with van der Waals surface area (Å²) in [6.07, 6.45) is 0. The van der Waals surface area contributed by atoms with Gasteiger partial charge in [0.25, 0.3) is 0 Å². The summed E-state index contributed by atoms with van der Waals surface area (Å²) in [5.41, 5.74) is 0. The highest BCUT2D eigenvalue weighted by atomic mass is 16.5. The van der Waals surface area contributed by atoms with E-state index < -0.39 is 0 Å². The molecule has 0 spiro atoms. The van der Waals surface area contributed by atoms with Crippen molar-refractivity contribution in [1.82, 2.24) is 5.32 Å². The van der Waals surface area contributed by atoms with Gasteiger partial charge in [-0.25, -0.2) is 0 Å². The molecule has 17 heavy (non-hydrogen) atoms.